The Kier molecular flexibility index (Phi) is 6.28. The number of alkyl halides is 3. The van der Waals surface area contributed by atoms with Crippen LogP contribution in [0, 0.1) is 0 Å². The molecule has 0 aliphatic carbocycles. The van der Waals surface area contributed by atoms with E-state index in [-0.39, 0.29) is 17.1 Å². The first-order valence-corrected chi connectivity index (χ1v) is 10.7. The first kappa shape index (κ1) is 22.4. The number of amides is 1. The summed E-state index contributed by atoms with van der Waals surface area (Å²) in [5.74, 6) is -0.474. The van der Waals surface area contributed by atoms with E-state index in [1.54, 1.807) is 24.4 Å². The number of carbonyl (C=O) groups excluding carboxylic acids is 1. The lowest BCUT2D eigenvalue weighted by Crippen LogP contribution is -2.10. The van der Waals surface area contributed by atoms with Crippen LogP contribution in [0.3, 0.4) is 0 Å². The van der Waals surface area contributed by atoms with Crippen LogP contribution < -0.4 is 5.32 Å². The smallest absolute Gasteiger partial charge is 0.416 e. The molecule has 2 aromatic carbocycles. The topological polar surface area (TPSA) is 55.1 Å². The Balaban J connectivity index is 1.46. The Morgan fingerprint density at radius 2 is 1.78 bits per heavy atom. The van der Waals surface area contributed by atoms with Gasteiger partial charge >= 0.3 is 6.18 Å². The molecule has 4 nitrogen and oxygen atoms in total. The van der Waals surface area contributed by atoms with Gasteiger partial charge in [0, 0.05) is 33.1 Å². The Morgan fingerprint density at radius 1 is 1.06 bits per heavy atom. The molecule has 164 valence electrons. The van der Waals surface area contributed by atoms with Gasteiger partial charge in [0.15, 0.2) is 10.9 Å². The summed E-state index contributed by atoms with van der Waals surface area (Å²) in [5, 5.41) is 4.03. The fraction of sp³-hybridized carbons (Fsp3) is 0.0909. The second kappa shape index (κ2) is 8.97. The van der Waals surface area contributed by atoms with Gasteiger partial charge < -0.3 is 4.42 Å². The molecule has 0 bridgehead atoms. The van der Waals surface area contributed by atoms with E-state index in [4.69, 9.17) is 27.6 Å². The zero-order chi connectivity index (χ0) is 22.9. The minimum atomic E-state index is -4.47. The number of rotatable bonds is 5. The van der Waals surface area contributed by atoms with Gasteiger partial charge in [-0.15, -0.1) is 11.3 Å². The molecular formula is C22H13Cl2F3N2O2S. The molecule has 4 aromatic rings. The molecular weight excluding hydrogens is 484 g/mol. The molecule has 10 heteroatoms. The number of aromatic nitrogens is 1. The Labute approximate surface area is 194 Å². The summed E-state index contributed by atoms with van der Waals surface area (Å²) >= 11 is 13.6. The monoisotopic (exact) mass is 496 g/mol. The van der Waals surface area contributed by atoms with E-state index in [1.165, 1.54) is 35.6 Å². The van der Waals surface area contributed by atoms with Crippen molar-refractivity contribution in [1.29, 1.82) is 0 Å². The lowest BCUT2D eigenvalue weighted by Gasteiger charge is -2.07. The first-order valence-electron chi connectivity index (χ1n) is 9.17. The highest BCUT2D eigenvalue weighted by Gasteiger charge is 2.30. The van der Waals surface area contributed by atoms with E-state index in [0.717, 1.165) is 22.6 Å². The molecule has 32 heavy (non-hydrogen) atoms. The summed E-state index contributed by atoms with van der Waals surface area (Å²) < 4.78 is 44.3. The minimum Gasteiger partial charge on any atom is -0.451 e. The second-order valence-corrected chi connectivity index (χ2v) is 8.63. The molecule has 0 saturated carbocycles. The SMILES string of the molecule is O=C(Nc1ncc(Cc2c(Cl)cccc2Cl)s1)c1ccc(-c2cccc(C(F)(F)F)c2)o1. The summed E-state index contributed by atoms with van der Waals surface area (Å²) in [7, 11) is 0. The molecule has 0 saturated heterocycles. The molecule has 0 aliphatic rings. The van der Waals surface area contributed by atoms with Gasteiger partial charge in [0.05, 0.1) is 5.56 Å². The maximum absolute atomic E-state index is 12.9. The number of halogens is 5. The van der Waals surface area contributed by atoms with E-state index < -0.39 is 17.6 Å². The van der Waals surface area contributed by atoms with Crippen LogP contribution in [0.1, 0.15) is 26.6 Å². The van der Waals surface area contributed by atoms with Gasteiger partial charge in [0.2, 0.25) is 0 Å². The summed E-state index contributed by atoms with van der Waals surface area (Å²) in [6.07, 6.45) is -2.41. The Hall–Kier alpha value is -2.81. The van der Waals surface area contributed by atoms with Gasteiger partial charge in [-0.2, -0.15) is 13.2 Å². The van der Waals surface area contributed by atoms with Crippen LogP contribution in [-0.2, 0) is 12.6 Å². The maximum atomic E-state index is 12.9. The van der Waals surface area contributed by atoms with Crippen molar-refractivity contribution in [3.05, 3.63) is 92.6 Å². The van der Waals surface area contributed by atoms with Gasteiger partial charge in [0.1, 0.15) is 5.76 Å². The molecule has 0 radical (unpaired) electrons. The normalized spacial score (nSPS) is 11.5. The second-order valence-electron chi connectivity index (χ2n) is 6.71. The standard InChI is InChI=1S/C22H13Cl2F3N2O2S/c23-16-5-2-6-17(24)15(16)10-14-11-28-21(32-14)29-20(30)19-8-7-18(31-19)12-3-1-4-13(9-12)22(25,26)27/h1-9,11H,10H2,(H,28,29,30). The number of nitrogens with zero attached hydrogens (tertiary/aromatic N) is 1. The molecule has 0 aliphatic heterocycles. The average molecular weight is 497 g/mol. The third-order valence-electron chi connectivity index (χ3n) is 4.49. The number of hydrogen-bond acceptors (Lipinski definition) is 4. The molecule has 0 unspecified atom stereocenters. The van der Waals surface area contributed by atoms with Crippen molar-refractivity contribution in [2.45, 2.75) is 12.6 Å². The zero-order valence-electron chi connectivity index (χ0n) is 16.0. The van der Waals surface area contributed by atoms with Crippen molar-refractivity contribution >= 4 is 45.6 Å². The number of hydrogen-bond donors (Lipinski definition) is 1. The van der Waals surface area contributed by atoms with Crippen molar-refractivity contribution < 1.29 is 22.4 Å². The van der Waals surface area contributed by atoms with E-state index in [9.17, 15) is 18.0 Å². The highest BCUT2D eigenvalue weighted by atomic mass is 35.5. The average Bonchev–Trinajstić information content (AvgIpc) is 3.40. The number of thiazole rings is 1. The quantitative estimate of drug-likeness (QED) is 0.309. The molecule has 1 amide bonds. The number of nitrogens with one attached hydrogen (secondary N) is 1. The van der Waals surface area contributed by atoms with Crippen LogP contribution in [0.15, 0.2) is 65.2 Å². The minimum absolute atomic E-state index is 0.0525. The van der Waals surface area contributed by atoms with Gasteiger partial charge in [-0.3, -0.25) is 10.1 Å². The predicted molar refractivity (Wildman–Crippen MR) is 118 cm³/mol. The summed E-state index contributed by atoms with van der Waals surface area (Å²) in [4.78, 5) is 17.5. The molecule has 4 rings (SSSR count). The number of carbonyl (C=O) groups is 1. The van der Waals surface area contributed by atoms with E-state index >= 15 is 0 Å². The lowest BCUT2D eigenvalue weighted by molar-refractivity contribution is -0.137. The third-order valence-corrected chi connectivity index (χ3v) is 6.11. The van der Waals surface area contributed by atoms with Crippen LogP contribution in [0.2, 0.25) is 10.0 Å². The molecule has 0 atom stereocenters. The maximum Gasteiger partial charge on any atom is 0.416 e. The predicted octanol–water partition coefficient (Wildman–Crippen LogP) is 7.57. The van der Waals surface area contributed by atoms with Gasteiger partial charge in [0.25, 0.3) is 5.91 Å². The highest BCUT2D eigenvalue weighted by Crippen LogP contribution is 2.33. The fourth-order valence-corrected chi connectivity index (χ4v) is 4.30. The Morgan fingerprint density at radius 3 is 2.50 bits per heavy atom. The lowest BCUT2D eigenvalue weighted by atomic mass is 10.1. The molecule has 2 aromatic heterocycles. The van der Waals surface area contributed by atoms with E-state index in [2.05, 4.69) is 10.3 Å². The van der Waals surface area contributed by atoms with Crippen LogP contribution in [-0.4, -0.2) is 10.9 Å². The molecule has 1 N–H and O–H groups in total. The van der Waals surface area contributed by atoms with Gasteiger partial charge in [-0.05, 0) is 42.0 Å². The van der Waals surface area contributed by atoms with Crippen molar-refractivity contribution in [3.63, 3.8) is 0 Å². The largest absolute Gasteiger partial charge is 0.451 e. The first-order chi connectivity index (χ1) is 15.2. The van der Waals surface area contributed by atoms with Gasteiger partial charge in [-0.25, -0.2) is 4.98 Å². The highest BCUT2D eigenvalue weighted by molar-refractivity contribution is 7.15. The molecule has 2 heterocycles. The van der Waals surface area contributed by atoms with Crippen molar-refractivity contribution in [2.24, 2.45) is 0 Å². The van der Waals surface area contributed by atoms with Crippen molar-refractivity contribution in [2.75, 3.05) is 5.32 Å². The summed E-state index contributed by atoms with van der Waals surface area (Å²) in [6, 6.07) is 12.8. The zero-order valence-corrected chi connectivity index (χ0v) is 18.4. The molecule has 0 spiro atoms. The van der Waals surface area contributed by atoms with Crippen LogP contribution >= 0.6 is 34.5 Å². The van der Waals surface area contributed by atoms with Crippen molar-refractivity contribution in [3.8, 4) is 11.3 Å². The van der Waals surface area contributed by atoms with Crippen molar-refractivity contribution in [1.82, 2.24) is 4.98 Å². The summed E-state index contributed by atoms with van der Waals surface area (Å²) in [6.45, 7) is 0. The number of furan rings is 1. The fourth-order valence-electron chi connectivity index (χ4n) is 2.95. The number of benzene rings is 2. The summed E-state index contributed by atoms with van der Waals surface area (Å²) in [5.41, 5.74) is 0.174. The third kappa shape index (κ3) is 4.98. The number of anilines is 1. The Bertz CT molecular complexity index is 1260. The van der Waals surface area contributed by atoms with E-state index in [0.29, 0.717) is 21.6 Å². The van der Waals surface area contributed by atoms with Crippen LogP contribution in [0.25, 0.3) is 11.3 Å². The van der Waals surface area contributed by atoms with Crippen LogP contribution in [0.4, 0.5) is 18.3 Å². The van der Waals surface area contributed by atoms with E-state index in [1.807, 2.05) is 0 Å². The molecule has 0 fully saturated rings. The van der Waals surface area contributed by atoms with Gasteiger partial charge in [-0.1, -0.05) is 41.4 Å². The van der Waals surface area contributed by atoms with Crippen LogP contribution in [0.5, 0.6) is 0 Å².